The molecule has 5 heteroatoms. The Balaban J connectivity index is 1.86. The Kier molecular flexibility index (Phi) is 4.60. The lowest BCUT2D eigenvalue weighted by Crippen LogP contribution is -2.29. The summed E-state index contributed by atoms with van der Waals surface area (Å²) in [6.45, 7) is 0. The molecule has 1 N–H and O–H groups in total. The number of ether oxygens (including phenoxy) is 2. The summed E-state index contributed by atoms with van der Waals surface area (Å²) in [4.78, 5) is 16.3. The van der Waals surface area contributed by atoms with Crippen molar-refractivity contribution in [3.63, 3.8) is 0 Å². The quantitative estimate of drug-likeness (QED) is 0.878. The molecule has 2 atom stereocenters. The fraction of sp³-hybridized carbons (Fsp3) is 0.364. The van der Waals surface area contributed by atoms with Gasteiger partial charge >= 0.3 is 5.97 Å². The van der Waals surface area contributed by atoms with E-state index in [0.717, 1.165) is 35.4 Å². The summed E-state index contributed by atoms with van der Waals surface area (Å²) >= 11 is 0. The van der Waals surface area contributed by atoms with Gasteiger partial charge in [-0.1, -0.05) is 25.0 Å². The molecule has 140 valence electrons. The zero-order chi connectivity index (χ0) is 19.0. The molecule has 0 unspecified atom stereocenters. The predicted molar refractivity (Wildman–Crippen MR) is 104 cm³/mol. The van der Waals surface area contributed by atoms with Crippen LogP contribution < -0.4 is 9.47 Å². The highest BCUT2D eigenvalue weighted by atomic mass is 16.5. The molecule has 4 rings (SSSR count). The standard InChI is InChI=1S/C22H23NO4/c1-26-19-11-16-15-5-3-4-6-18(15)23-21(17(16)12-20(19)27-2)13-7-9-14(10-8-13)22(24)25/h7-12,15,18H,3-6H2,1-2H3,(H,24,25)/t15-,18-/m1/s1. The molecule has 0 amide bonds. The van der Waals surface area contributed by atoms with Crippen molar-refractivity contribution in [1.82, 2.24) is 0 Å². The van der Waals surface area contributed by atoms with Crippen LogP contribution in [0, 0.1) is 0 Å². The number of carbonyl (C=O) groups is 1. The Hall–Kier alpha value is -2.82. The maximum atomic E-state index is 11.2. The van der Waals surface area contributed by atoms with Crippen molar-refractivity contribution >= 4 is 11.7 Å². The number of hydrogen-bond acceptors (Lipinski definition) is 4. The monoisotopic (exact) mass is 365 g/mol. The van der Waals surface area contributed by atoms with E-state index in [-0.39, 0.29) is 11.6 Å². The van der Waals surface area contributed by atoms with Gasteiger partial charge in [-0.3, -0.25) is 4.99 Å². The summed E-state index contributed by atoms with van der Waals surface area (Å²) in [6.07, 6.45) is 4.61. The summed E-state index contributed by atoms with van der Waals surface area (Å²) in [5, 5.41) is 9.16. The van der Waals surface area contributed by atoms with Crippen molar-refractivity contribution in [1.29, 1.82) is 0 Å². The molecular weight excluding hydrogens is 342 g/mol. The molecule has 0 aromatic heterocycles. The Morgan fingerprint density at radius 3 is 2.37 bits per heavy atom. The molecule has 2 aliphatic rings. The minimum Gasteiger partial charge on any atom is -0.493 e. The molecule has 1 aliphatic heterocycles. The highest BCUT2D eigenvalue weighted by molar-refractivity contribution is 6.15. The third-order valence-electron chi connectivity index (χ3n) is 5.64. The lowest BCUT2D eigenvalue weighted by atomic mass is 9.75. The molecule has 27 heavy (non-hydrogen) atoms. The van der Waals surface area contributed by atoms with Gasteiger partial charge in [-0.05, 0) is 42.7 Å². The molecule has 2 aromatic rings. The molecule has 1 aliphatic carbocycles. The maximum absolute atomic E-state index is 11.2. The molecule has 0 saturated heterocycles. The highest BCUT2D eigenvalue weighted by Gasteiger charge is 2.34. The molecule has 1 heterocycles. The molecule has 2 aromatic carbocycles. The number of carboxylic acid groups (broad SMARTS) is 1. The second-order valence-corrected chi connectivity index (χ2v) is 7.11. The van der Waals surface area contributed by atoms with Crippen molar-refractivity contribution in [2.24, 2.45) is 4.99 Å². The fourth-order valence-electron chi connectivity index (χ4n) is 4.27. The van der Waals surface area contributed by atoms with Gasteiger partial charge in [0.2, 0.25) is 0 Å². The van der Waals surface area contributed by atoms with Crippen LogP contribution in [-0.2, 0) is 0 Å². The minimum absolute atomic E-state index is 0.263. The van der Waals surface area contributed by atoms with Gasteiger partial charge in [0.05, 0.1) is 31.5 Å². The number of aliphatic imine (C=N–C) groups is 1. The van der Waals surface area contributed by atoms with Gasteiger partial charge in [-0.25, -0.2) is 4.79 Å². The summed E-state index contributed by atoms with van der Waals surface area (Å²) in [5.41, 5.74) is 4.42. The van der Waals surface area contributed by atoms with Crippen molar-refractivity contribution in [2.45, 2.75) is 37.6 Å². The number of aromatic carboxylic acids is 1. The molecule has 1 fully saturated rings. The van der Waals surface area contributed by atoms with E-state index in [1.54, 1.807) is 26.4 Å². The Morgan fingerprint density at radius 1 is 1.04 bits per heavy atom. The van der Waals surface area contributed by atoms with E-state index in [0.29, 0.717) is 11.7 Å². The Labute approximate surface area is 158 Å². The molecule has 0 bridgehead atoms. The Morgan fingerprint density at radius 2 is 1.70 bits per heavy atom. The largest absolute Gasteiger partial charge is 0.493 e. The second kappa shape index (κ2) is 7.06. The number of hydrogen-bond donors (Lipinski definition) is 1. The van der Waals surface area contributed by atoms with Gasteiger partial charge in [-0.15, -0.1) is 0 Å². The normalized spacial score (nSPS) is 20.9. The first-order chi connectivity index (χ1) is 13.1. The van der Waals surface area contributed by atoms with Crippen LogP contribution in [0.2, 0.25) is 0 Å². The molecule has 1 saturated carbocycles. The van der Waals surface area contributed by atoms with Gasteiger partial charge in [0.25, 0.3) is 0 Å². The van der Waals surface area contributed by atoms with Crippen LogP contribution in [0.3, 0.4) is 0 Å². The van der Waals surface area contributed by atoms with E-state index in [2.05, 4.69) is 6.07 Å². The van der Waals surface area contributed by atoms with Crippen molar-refractivity contribution in [3.8, 4) is 11.5 Å². The Bertz CT molecular complexity index is 901. The van der Waals surface area contributed by atoms with Crippen molar-refractivity contribution < 1.29 is 19.4 Å². The SMILES string of the molecule is COc1cc2c(cc1OC)[C@H]1CCCC[C@H]1N=C2c1ccc(C(=O)O)cc1. The lowest BCUT2D eigenvalue weighted by molar-refractivity contribution is 0.0697. The maximum Gasteiger partial charge on any atom is 0.335 e. The van der Waals surface area contributed by atoms with E-state index in [1.165, 1.54) is 18.4 Å². The number of carboxylic acids is 1. The molecular formula is C22H23NO4. The van der Waals surface area contributed by atoms with Crippen LogP contribution in [0.4, 0.5) is 0 Å². The summed E-state index contributed by atoms with van der Waals surface area (Å²) in [5.74, 6) is 0.894. The smallest absolute Gasteiger partial charge is 0.335 e. The summed E-state index contributed by atoms with van der Waals surface area (Å²) in [6, 6.07) is 11.3. The van der Waals surface area contributed by atoms with Crippen LogP contribution in [-0.4, -0.2) is 37.0 Å². The van der Waals surface area contributed by atoms with Gasteiger partial charge < -0.3 is 14.6 Å². The number of rotatable bonds is 4. The van der Waals surface area contributed by atoms with Crippen LogP contribution in [0.15, 0.2) is 41.4 Å². The van der Waals surface area contributed by atoms with Gasteiger partial charge in [0.15, 0.2) is 11.5 Å². The molecule has 0 radical (unpaired) electrons. The summed E-state index contributed by atoms with van der Waals surface area (Å²) < 4.78 is 11.1. The first kappa shape index (κ1) is 17.6. The first-order valence-corrected chi connectivity index (χ1v) is 9.30. The number of nitrogens with zero attached hydrogens (tertiary/aromatic N) is 1. The first-order valence-electron chi connectivity index (χ1n) is 9.30. The number of methoxy groups -OCH3 is 2. The summed E-state index contributed by atoms with van der Waals surface area (Å²) in [7, 11) is 3.29. The predicted octanol–water partition coefficient (Wildman–Crippen LogP) is 4.28. The van der Waals surface area contributed by atoms with Crippen molar-refractivity contribution in [3.05, 3.63) is 58.7 Å². The lowest BCUT2D eigenvalue weighted by Gasteiger charge is -2.35. The topological polar surface area (TPSA) is 68.1 Å². The molecule has 0 spiro atoms. The van der Waals surface area contributed by atoms with Crippen LogP contribution in [0.1, 0.15) is 58.6 Å². The highest BCUT2D eigenvalue weighted by Crippen LogP contribution is 2.44. The van der Waals surface area contributed by atoms with E-state index in [1.807, 2.05) is 18.2 Å². The van der Waals surface area contributed by atoms with E-state index in [9.17, 15) is 4.79 Å². The zero-order valence-electron chi connectivity index (χ0n) is 15.6. The fourth-order valence-corrected chi connectivity index (χ4v) is 4.27. The van der Waals surface area contributed by atoms with Crippen LogP contribution in [0.25, 0.3) is 0 Å². The van der Waals surface area contributed by atoms with E-state index in [4.69, 9.17) is 19.6 Å². The van der Waals surface area contributed by atoms with Gasteiger partial charge in [-0.2, -0.15) is 0 Å². The zero-order valence-corrected chi connectivity index (χ0v) is 15.6. The van der Waals surface area contributed by atoms with E-state index >= 15 is 0 Å². The average molecular weight is 365 g/mol. The minimum atomic E-state index is -0.925. The third-order valence-corrected chi connectivity index (χ3v) is 5.64. The van der Waals surface area contributed by atoms with Gasteiger partial charge in [0, 0.05) is 17.0 Å². The number of fused-ring (bicyclic) bond motifs is 3. The van der Waals surface area contributed by atoms with Crippen molar-refractivity contribution in [2.75, 3.05) is 14.2 Å². The third kappa shape index (κ3) is 3.07. The van der Waals surface area contributed by atoms with Crippen LogP contribution >= 0.6 is 0 Å². The number of benzene rings is 2. The average Bonchev–Trinajstić information content (AvgIpc) is 2.72. The van der Waals surface area contributed by atoms with E-state index < -0.39 is 5.97 Å². The van der Waals surface area contributed by atoms with Crippen LogP contribution in [0.5, 0.6) is 11.5 Å². The second-order valence-electron chi connectivity index (χ2n) is 7.11. The van der Waals surface area contributed by atoms with Gasteiger partial charge in [0.1, 0.15) is 0 Å². The molecule has 5 nitrogen and oxygen atoms in total.